The van der Waals surface area contributed by atoms with Crippen molar-refractivity contribution in [3.8, 4) is 0 Å². The number of carbonyl (C=O) groups is 2. The second-order valence-corrected chi connectivity index (χ2v) is 2.09. The van der Waals surface area contributed by atoms with Crippen LogP contribution in [0.15, 0.2) is 50.0 Å². The van der Waals surface area contributed by atoms with Gasteiger partial charge in [-0.1, -0.05) is 26.3 Å². The van der Waals surface area contributed by atoms with Gasteiger partial charge in [0.1, 0.15) is 0 Å². The maximum absolute atomic E-state index is 10.8. The van der Waals surface area contributed by atoms with Crippen molar-refractivity contribution in [2.45, 2.75) is 0 Å². The van der Waals surface area contributed by atoms with E-state index in [4.69, 9.17) is 4.74 Å². The number of hydrogen-bond acceptors (Lipinski definition) is 3. The third kappa shape index (κ3) is 3.33. The molecule has 0 aliphatic heterocycles. The van der Waals surface area contributed by atoms with Gasteiger partial charge < -0.3 is 4.74 Å². The topological polar surface area (TPSA) is 43.4 Å². The summed E-state index contributed by atoms with van der Waals surface area (Å²) in [7, 11) is 0. The second-order valence-electron chi connectivity index (χ2n) is 2.09. The van der Waals surface area contributed by atoms with Crippen molar-refractivity contribution >= 4 is 11.6 Å². The van der Waals surface area contributed by atoms with Crippen LogP contribution in [0.1, 0.15) is 0 Å². The minimum absolute atomic E-state index is 0.185. The highest BCUT2D eigenvalue weighted by Crippen LogP contribution is 2.05. The molecule has 0 rings (SSSR count). The largest absolute Gasteiger partial charge is 0.450 e. The molecule has 0 aliphatic carbocycles. The first-order valence-corrected chi connectivity index (χ1v) is 3.42. The molecule has 0 aromatic heterocycles. The smallest absolute Gasteiger partial charge is 0.219 e. The SMILES string of the molecule is C=CC(=O)C(=C)OC(=C)C(=O)C=C. The predicted molar refractivity (Wildman–Crippen MR) is 49.8 cm³/mol. The summed E-state index contributed by atoms with van der Waals surface area (Å²) in [5, 5.41) is 0. The fourth-order valence-corrected chi connectivity index (χ4v) is 0.477. The average molecular weight is 178 g/mol. The van der Waals surface area contributed by atoms with E-state index in [1.165, 1.54) is 0 Å². The lowest BCUT2D eigenvalue weighted by Crippen LogP contribution is -2.06. The van der Waals surface area contributed by atoms with Crippen molar-refractivity contribution in [3.05, 3.63) is 50.0 Å². The summed E-state index contributed by atoms with van der Waals surface area (Å²) >= 11 is 0. The summed E-state index contributed by atoms with van der Waals surface area (Å²) in [5.41, 5.74) is 0. The first-order chi connectivity index (χ1) is 6.02. The molecule has 3 heteroatoms. The Morgan fingerprint density at radius 2 is 1.23 bits per heavy atom. The molecule has 0 spiro atoms. The molecule has 13 heavy (non-hydrogen) atoms. The Hall–Kier alpha value is -1.90. The maximum atomic E-state index is 10.8. The lowest BCUT2D eigenvalue weighted by atomic mass is 10.3. The zero-order valence-corrected chi connectivity index (χ0v) is 7.21. The summed E-state index contributed by atoms with van der Waals surface area (Å²) in [6, 6.07) is 0. The van der Waals surface area contributed by atoms with Gasteiger partial charge in [-0.2, -0.15) is 0 Å². The minimum atomic E-state index is -0.488. The summed E-state index contributed by atoms with van der Waals surface area (Å²) in [6.07, 6.45) is 2.07. The highest BCUT2D eigenvalue weighted by molar-refractivity contribution is 6.04. The van der Waals surface area contributed by atoms with Gasteiger partial charge in [0.05, 0.1) is 0 Å². The van der Waals surface area contributed by atoms with Crippen LogP contribution < -0.4 is 0 Å². The number of carbonyl (C=O) groups excluding carboxylic acids is 2. The van der Waals surface area contributed by atoms with Gasteiger partial charge in [-0.25, -0.2) is 0 Å². The second kappa shape index (κ2) is 4.87. The van der Waals surface area contributed by atoms with Gasteiger partial charge in [-0.3, -0.25) is 9.59 Å². The lowest BCUT2D eigenvalue weighted by molar-refractivity contribution is -0.116. The third-order valence-electron chi connectivity index (χ3n) is 1.17. The molecule has 68 valence electrons. The number of allylic oxidation sites excluding steroid dienone is 2. The van der Waals surface area contributed by atoms with Gasteiger partial charge in [-0.15, -0.1) is 0 Å². The Bertz CT molecular complexity index is 267. The average Bonchev–Trinajstić information content (AvgIpc) is 2.14. The van der Waals surface area contributed by atoms with E-state index in [-0.39, 0.29) is 11.5 Å². The quantitative estimate of drug-likeness (QED) is 0.457. The zero-order chi connectivity index (χ0) is 10.4. The van der Waals surface area contributed by atoms with Crippen molar-refractivity contribution < 1.29 is 14.3 Å². The first-order valence-electron chi connectivity index (χ1n) is 3.42. The van der Waals surface area contributed by atoms with E-state index in [2.05, 4.69) is 26.3 Å². The van der Waals surface area contributed by atoms with Crippen LogP contribution in [0.5, 0.6) is 0 Å². The highest BCUT2D eigenvalue weighted by atomic mass is 16.5. The van der Waals surface area contributed by atoms with Crippen LogP contribution >= 0.6 is 0 Å². The van der Waals surface area contributed by atoms with Crippen molar-refractivity contribution in [1.82, 2.24) is 0 Å². The van der Waals surface area contributed by atoms with Crippen LogP contribution in [0, 0.1) is 0 Å². The molecule has 0 saturated carbocycles. The Labute approximate surface area is 76.7 Å². The Morgan fingerprint density at radius 3 is 1.46 bits per heavy atom. The van der Waals surface area contributed by atoms with Crippen molar-refractivity contribution in [3.63, 3.8) is 0 Å². The zero-order valence-electron chi connectivity index (χ0n) is 7.21. The van der Waals surface area contributed by atoms with E-state index < -0.39 is 11.6 Å². The molecule has 3 nitrogen and oxygen atoms in total. The van der Waals surface area contributed by atoms with E-state index >= 15 is 0 Å². The summed E-state index contributed by atoms with van der Waals surface area (Å²) in [5.74, 6) is -1.35. The Morgan fingerprint density at radius 1 is 0.923 bits per heavy atom. The van der Waals surface area contributed by atoms with Gasteiger partial charge >= 0.3 is 0 Å². The van der Waals surface area contributed by atoms with Crippen LogP contribution in [0.4, 0.5) is 0 Å². The molecule has 0 atom stereocenters. The molecule has 0 radical (unpaired) electrons. The third-order valence-corrected chi connectivity index (χ3v) is 1.17. The van der Waals surface area contributed by atoms with Crippen LogP contribution in [-0.4, -0.2) is 11.6 Å². The molecule has 0 fully saturated rings. The minimum Gasteiger partial charge on any atom is -0.450 e. The van der Waals surface area contributed by atoms with E-state index in [9.17, 15) is 9.59 Å². The Kier molecular flexibility index (Phi) is 4.16. The summed E-state index contributed by atoms with van der Waals surface area (Å²) in [4.78, 5) is 21.7. The molecular formula is C10H10O3. The van der Waals surface area contributed by atoms with Crippen LogP contribution in [0.25, 0.3) is 0 Å². The number of rotatable bonds is 6. The molecule has 0 heterocycles. The van der Waals surface area contributed by atoms with Gasteiger partial charge in [0.2, 0.25) is 11.6 Å². The monoisotopic (exact) mass is 178 g/mol. The number of ether oxygens (including phenoxy) is 1. The van der Waals surface area contributed by atoms with E-state index in [1.807, 2.05) is 0 Å². The van der Waals surface area contributed by atoms with Gasteiger partial charge in [0.15, 0.2) is 11.5 Å². The maximum Gasteiger partial charge on any atom is 0.219 e. The van der Waals surface area contributed by atoms with Gasteiger partial charge in [0, 0.05) is 0 Å². The predicted octanol–water partition coefficient (Wildman–Crippen LogP) is 1.54. The van der Waals surface area contributed by atoms with Crippen LogP contribution in [0.2, 0.25) is 0 Å². The van der Waals surface area contributed by atoms with Crippen molar-refractivity contribution in [2.75, 3.05) is 0 Å². The fourth-order valence-electron chi connectivity index (χ4n) is 0.477. The normalized spacial score (nSPS) is 8.31. The molecule has 0 unspecified atom stereocenters. The molecule has 0 bridgehead atoms. The van der Waals surface area contributed by atoms with E-state index in [0.29, 0.717) is 0 Å². The molecule has 0 saturated heterocycles. The Balaban J connectivity index is 4.30. The van der Waals surface area contributed by atoms with E-state index in [1.54, 1.807) is 0 Å². The lowest BCUT2D eigenvalue weighted by Gasteiger charge is -2.04. The van der Waals surface area contributed by atoms with Crippen LogP contribution in [-0.2, 0) is 14.3 Å². The summed E-state index contributed by atoms with van der Waals surface area (Å²) in [6.45, 7) is 13.0. The van der Waals surface area contributed by atoms with Crippen molar-refractivity contribution in [1.29, 1.82) is 0 Å². The molecule has 0 aliphatic rings. The van der Waals surface area contributed by atoms with Crippen LogP contribution in [0.3, 0.4) is 0 Å². The fraction of sp³-hybridized carbons (Fsp3) is 0. The van der Waals surface area contributed by atoms with Gasteiger partial charge in [0.25, 0.3) is 0 Å². The van der Waals surface area contributed by atoms with E-state index in [0.717, 1.165) is 12.2 Å². The molecule has 0 aromatic rings. The van der Waals surface area contributed by atoms with Crippen molar-refractivity contribution in [2.24, 2.45) is 0 Å². The molecule has 0 amide bonds. The molecular weight excluding hydrogens is 168 g/mol. The number of hydrogen-bond donors (Lipinski definition) is 0. The number of ketones is 2. The first kappa shape index (κ1) is 11.1. The van der Waals surface area contributed by atoms with Gasteiger partial charge in [-0.05, 0) is 12.2 Å². The molecule has 0 aromatic carbocycles. The highest BCUT2D eigenvalue weighted by Gasteiger charge is 2.09. The standard InChI is InChI=1S/C10H10O3/c1-5-9(11)7(3)13-8(4)10(12)6-2/h5-6H,1-4H2. The summed E-state index contributed by atoms with van der Waals surface area (Å²) < 4.78 is 4.73. The molecule has 0 N–H and O–H groups in total.